The smallest absolute Gasteiger partial charge is 0.335 e. The van der Waals surface area contributed by atoms with E-state index in [2.05, 4.69) is 9.97 Å². The molecule has 1 heterocycles. The maximum Gasteiger partial charge on any atom is 0.335 e. The van der Waals surface area contributed by atoms with Crippen molar-refractivity contribution in [3.05, 3.63) is 42.2 Å². The number of imidazole rings is 1. The van der Waals surface area contributed by atoms with Crippen LogP contribution in [0.15, 0.2) is 36.7 Å². The molecular formula is C10H9ClN2O2. The second-order valence-electron chi connectivity index (χ2n) is 2.82. The molecule has 0 aliphatic heterocycles. The van der Waals surface area contributed by atoms with Crippen LogP contribution in [0, 0.1) is 0 Å². The largest absolute Gasteiger partial charge is 0.478 e. The highest BCUT2D eigenvalue weighted by molar-refractivity contribution is 5.89. The van der Waals surface area contributed by atoms with E-state index in [1.54, 1.807) is 30.6 Å². The zero-order chi connectivity index (χ0) is 9.97. The molecule has 4 nitrogen and oxygen atoms in total. The Balaban J connectivity index is 0.00000112. The Bertz CT molecular complexity index is 454. The molecule has 0 saturated heterocycles. The van der Waals surface area contributed by atoms with Crippen molar-refractivity contribution in [2.24, 2.45) is 0 Å². The molecule has 0 spiro atoms. The van der Waals surface area contributed by atoms with Crippen molar-refractivity contribution in [2.75, 3.05) is 0 Å². The third-order valence-electron chi connectivity index (χ3n) is 1.88. The number of aromatic nitrogens is 2. The van der Waals surface area contributed by atoms with Crippen LogP contribution in [0.2, 0.25) is 0 Å². The fourth-order valence-corrected chi connectivity index (χ4v) is 1.22. The van der Waals surface area contributed by atoms with Crippen LogP contribution in [-0.2, 0) is 0 Å². The van der Waals surface area contributed by atoms with Crippen molar-refractivity contribution in [1.29, 1.82) is 0 Å². The van der Waals surface area contributed by atoms with Gasteiger partial charge in [0.25, 0.3) is 0 Å². The van der Waals surface area contributed by atoms with Crippen LogP contribution in [-0.4, -0.2) is 21.0 Å². The minimum Gasteiger partial charge on any atom is -0.478 e. The minimum absolute atomic E-state index is 0. The van der Waals surface area contributed by atoms with Crippen LogP contribution in [0.4, 0.5) is 0 Å². The van der Waals surface area contributed by atoms with E-state index in [-0.39, 0.29) is 18.0 Å². The molecular weight excluding hydrogens is 216 g/mol. The lowest BCUT2D eigenvalue weighted by Gasteiger charge is -1.98. The van der Waals surface area contributed by atoms with Gasteiger partial charge in [0.2, 0.25) is 0 Å². The molecule has 78 valence electrons. The van der Waals surface area contributed by atoms with Gasteiger partial charge in [-0.25, -0.2) is 9.78 Å². The molecule has 1 aromatic heterocycles. The Morgan fingerprint density at radius 1 is 1.40 bits per heavy atom. The Kier molecular flexibility index (Phi) is 3.46. The number of aromatic carboxylic acids is 1. The number of benzene rings is 1. The lowest BCUT2D eigenvalue weighted by atomic mass is 10.1. The van der Waals surface area contributed by atoms with Gasteiger partial charge >= 0.3 is 5.97 Å². The molecule has 2 rings (SSSR count). The van der Waals surface area contributed by atoms with Crippen molar-refractivity contribution < 1.29 is 9.90 Å². The first-order chi connectivity index (χ1) is 6.77. The van der Waals surface area contributed by atoms with Gasteiger partial charge in [-0.05, 0) is 12.1 Å². The van der Waals surface area contributed by atoms with Crippen LogP contribution in [0.5, 0.6) is 0 Å². The van der Waals surface area contributed by atoms with Crippen LogP contribution in [0.3, 0.4) is 0 Å². The van der Waals surface area contributed by atoms with Gasteiger partial charge in [-0.2, -0.15) is 0 Å². The van der Waals surface area contributed by atoms with Gasteiger partial charge in [0.05, 0.1) is 5.56 Å². The highest BCUT2D eigenvalue weighted by Gasteiger charge is 2.05. The number of hydrogen-bond acceptors (Lipinski definition) is 2. The molecule has 1 aromatic carbocycles. The van der Waals surface area contributed by atoms with E-state index in [1.807, 2.05) is 6.07 Å². The normalized spacial score (nSPS) is 9.33. The molecule has 0 fully saturated rings. The van der Waals surface area contributed by atoms with E-state index >= 15 is 0 Å². The van der Waals surface area contributed by atoms with Gasteiger partial charge < -0.3 is 10.1 Å². The SMILES string of the molecule is Cl.O=C(O)c1cccc(-c2ncc[nH]2)c1. The molecule has 0 unspecified atom stereocenters. The number of H-pyrrole nitrogens is 1. The van der Waals surface area contributed by atoms with Gasteiger partial charge in [0.15, 0.2) is 0 Å². The van der Waals surface area contributed by atoms with E-state index in [9.17, 15) is 4.79 Å². The third kappa shape index (κ3) is 2.35. The number of halogens is 1. The predicted molar refractivity (Wildman–Crippen MR) is 58.2 cm³/mol. The molecule has 0 saturated carbocycles. The molecule has 0 bridgehead atoms. The lowest BCUT2D eigenvalue weighted by molar-refractivity contribution is 0.0697. The first-order valence-electron chi connectivity index (χ1n) is 4.10. The minimum atomic E-state index is -0.932. The average molecular weight is 225 g/mol. The summed E-state index contributed by atoms with van der Waals surface area (Å²) in [5.74, 6) is -0.258. The lowest BCUT2D eigenvalue weighted by Crippen LogP contribution is -1.95. The molecule has 2 aromatic rings. The maximum atomic E-state index is 10.7. The fraction of sp³-hybridized carbons (Fsp3) is 0. The summed E-state index contributed by atoms with van der Waals surface area (Å²) in [5.41, 5.74) is 1.04. The number of rotatable bonds is 2. The van der Waals surface area contributed by atoms with Crippen molar-refractivity contribution in [3.63, 3.8) is 0 Å². The predicted octanol–water partition coefficient (Wildman–Crippen LogP) is 2.20. The van der Waals surface area contributed by atoms with E-state index < -0.39 is 5.97 Å². The quantitative estimate of drug-likeness (QED) is 0.822. The molecule has 5 heteroatoms. The summed E-state index contributed by atoms with van der Waals surface area (Å²) in [4.78, 5) is 17.6. The summed E-state index contributed by atoms with van der Waals surface area (Å²) in [6.07, 6.45) is 3.32. The number of carboxylic acid groups (broad SMARTS) is 1. The first-order valence-corrected chi connectivity index (χ1v) is 4.10. The standard InChI is InChI=1S/C10H8N2O2.ClH/c13-10(14)8-3-1-2-7(6-8)9-11-4-5-12-9;/h1-6H,(H,11,12)(H,13,14);1H. The Hall–Kier alpha value is -1.81. The molecule has 0 aliphatic carbocycles. The topological polar surface area (TPSA) is 66.0 Å². The Labute approximate surface area is 92.4 Å². The summed E-state index contributed by atoms with van der Waals surface area (Å²) in [5, 5.41) is 8.78. The summed E-state index contributed by atoms with van der Waals surface area (Å²) in [6.45, 7) is 0. The Morgan fingerprint density at radius 3 is 2.80 bits per heavy atom. The van der Waals surface area contributed by atoms with E-state index in [4.69, 9.17) is 5.11 Å². The zero-order valence-electron chi connectivity index (χ0n) is 7.68. The van der Waals surface area contributed by atoms with Crippen LogP contribution in [0.1, 0.15) is 10.4 Å². The highest BCUT2D eigenvalue weighted by atomic mass is 35.5. The second-order valence-corrected chi connectivity index (χ2v) is 2.82. The van der Waals surface area contributed by atoms with Gasteiger partial charge in [-0.15, -0.1) is 12.4 Å². The summed E-state index contributed by atoms with van der Waals surface area (Å²) in [6, 6.07) is 6.64. The van der Waals surface area contributed by atoms with Gasteiger partial charge in [-0.1, -0.05) is 12.1 Å². The number of carbonyl (C=O) groups is 1. The highest BCUT2D eigenvalue weighted by Crippen LogP contribution is 2.15. The third-order valence-corrected chi connectivity index (χ3v) is 1.88. The molecule has 2 N–H and O–H groups in total. The zero-order valence-corrected chi connectivity index (χ0v) is 8.49. The monoisotopic (exact) mass is 224 g/mol. The van der Waals surface area contributed by atoms with Crippen LogP contribution >= 0.6 is 12.4 Å². The second kappa shape index (κ2) is 4.61. The number of hydrogen-bond donors (Lipinski definition) is 2. The molecule has 0 amide bonds. The van der Waals surface area contributed by atoms with Crippen molar-refractivity contribution in [1.82, 2.24) is 9.97 Å². The van der Waals surface area contributed by atoms with Gasteiger partial charge in [0, 0.05) is 18.0 Å². The number of nitrogens with one attached hydrogen (secondary N) is 1. The average Bonchev–Trinajstić information content (AvgIpc) is 2.71. The van der Waals surface area contributed by atoms with E-state index in [0.717, 1.165) is 5.56 Å². The van der Waals surface area contributed by atoms with E-state index in [0.29, 0.717) is 5.82 Å². The van der Waals surface area contributed by atoms with Crippen molar-refractivity contribution >= 4 is 18.4 Å². The van der Waals surface area contributed by atoms with Gasteiger partial charge in [-0.3, -0.25) is 0 Å². The molecule has 0 radical (unpaired) electrons. The summed E-state index contributed by atoms with van der Waals surface area (Å²) < 4.78 is 0. The van der Waals surface area contributed by atoms with Crippen LogP contribution < -0.4 is 0 Å². The number of aromatic amines is 1. The number of nitrogens with zero attached hydrogens (tertiary/aromatic N) is 1. The first kappa shape index (κ1) is 11.3. The Morgan fingerprint density at radius 2 is 2.20 bits per heavy atom. The van der Waals surface area contributed by atoms with E-state index in [1.165, 1.54) is 0 Å². The summed E-state index contributed by atoms with van der Waals surface area (Å²) in [7, 11) is 0. The maximum absolute atomic E-state index is 10.7. The molecule has 0 atom stereocenters. The molecule has 0 aliphatic rings. The molecule has 15 heavy (non-hydrogen) atoms. The van der Waals surface area contributed by atoms with Gasteiger partial charge in [0.1, 0.15) is 5.82 Å². The fourth-order valence-electron chi connectivity index (χ4n) is 1.22. The summed E-state index contributed by atoms with van der Waals surface area (Å²) >= 11 is 0. The van der Waals surface area contributed by atoms with Crippen LogP contribution in [0.25, 0.3) is 11.4 Å². The number of carboxylic acids is 1. The van der Waals surface area contributed by atoms with Crippen molar-refractivity contribution in [3.8, 4) is 11.4 Å². The van der Waals surface area contributed by atoms with Crippen molar-refractivity contribution in [2.45, 2.75) is 0 Å².